The van der Waals surface area contributed by atoms with Gasteiger partial charge in [0.25, 0.3) is 5.91 Å². The van der Waals surface area contributed by atoms with Gasteiger partial charge in [0.15, 0.2) is 0 Å². The average molecular weight is 454 g/mol. The van der Waals surface area contributed by atoms with E-state index in [1.807, 2.05) is 23.6 Å². The zero-order valence-corrected chi connectivity index (χ0v) is 18.9. The molecule has 0 radical (unpaired) electrons. The van der Waals surface area contributed by atoms with Crippen molar-refractivity contribution in [2.24, 2.45) is 0 Å². The number of thiophene rings is 2. The van der Waals surface area contributed by atoms with Gasteiger partial charge in [0.05, 0.1) is 5.56 Å². The quantitative estimate of drug-likeness (QED) is 0.445. The van der Waals surface area contributed by atoms with Gasteiger partial charge in [0.1, 0.15) is 21.8 Å². The van der Waals surface area contributed by atoms with Crippen LogP contribution in [-0.4, -0.2) is 29.4 Å². The van der Waals surface area contributed by atoms with Gasteiger partial charge in [-0.2, -0.15) is 0 Å². The number of esters is 1. The van der Waals surface area contributed by atoms with Crippen LogP contribution in [0.5, 0.6) is 5.75 Å². The molecule has 0 spiro atoms. The van der Waals surface area contributed by atoms with Crippen molar-refractivity contribution in [1.82, 2.24) is 10.2 Å². The molecule has 0 fully saturated rings. The highest BCUT2D eigenvalue weighted by Gasteiger charge is 2.33. The molecular weight excluding hydrogens is 430 g/mol. The van der Waals surface area contributed by atoms with Crippen LogP contribution >= 0.6 is 22.7 Å². The highest BCUT2D eigenvalue weighted by atomic mass is 32.1. The topological polar surface area (TPSA) is 70.7 Å². The van der Waals surface area contributed by atoms with Gasteiger partial charge < -0.3 is 15.4 Å². The monoisotopic (exact) mass is 453 g/mol. The predicted octanol–water partition coefficient (Wildman–Crippen LogP) is 4.65. The van der Waals surface area contributed by atoms with Crippen LogP contribution in [0.4, 0.5) is 5.00 Å². The molecule has 2 aliphatic rings. The lowest BCUT2D eigenvalue weighted by Crippen LogP contribution is -2.39. The maximum absolute atomic E-state index is 13.0. The lowest BCUT2D eigenvalue weighted by atomic mass is 9.99. The second-order valence-electron chi connectivity index (χ2n) is 8.01. The standard InChI is InChI=1S/C23H23N3O3S2/c1-13(2)26-9-8-16-18(12-26)31-22-19(16)21(27)24-20(25-22)14-5-3-6-15(11-14)29-23(28)17-7-4-10-30-17/h3-7,10-11,13,20,25H,8-9,12H2,1-2H3,(H,24,27)/t20-/m0/s1. The molecule has 0 bridgehead atoms. The molecule has 0 saturated carbocycles. The number of amides is 1. The molecule has 1 aromatic carbocycles. The summed E-state index contributed by atoms with van der Waals surface area (Å²) in [6.45, 7) is 6.27. The van der Waals surface area contributed by atoms with Gasteiger partial charge in [-0.05, 0) is 55.0 Å². The Balaban J connectivity index is 1.37. The Morgan fingerprint density at radius 3 is 2.87 bits per heavy atom. The number of hydrogen-bond donors (Lipinski definition) is 2. The van der Waals surface area contributed by atoms with E-state index in [9.17, 15) is 9.59 Å². The Kier molecular flexibility index (Phi) is 5.29. The first-order valence-corrected chi connectivity index (χ1v) is 12.0. The smallest absolute Gasteiger partial charge is 0.353 e. The summed E-state index contributed by atoms with van der Waals surface area (Å²) in [5.74, 6) is 0.0294. The number of fused-ring (bicyclic) bond motifs is 3. The molecule has 0 unspecified atom stereocenters. The summed E-state index contributed by atoms with van der Waals surface area (Å²) >= 11 is 3.02. The third-order valence-electron chi connectivity index (χ3n) is 5.72. The minimum atomic E-state index is -0.379. The van der Waals surface area contributed by atoms with Crippen LogP contribution in [0.1, 0.15) is 56.0 Å². The number of rotatable bonds is 4. The number of benzene rings is 1. The molecule has 5 rings (SSSR count). The molecular formula is C23H23N3O3S2. The number of carbonyl (C=O) groups excluding carboxylic acids is 2. The molecule has 1 atom stereocenters. The van der Waals surface area contributed by atoms with Crippen LogP contribution in [0.15, 0.2) is 41.8 Å². The zero-order valence-electron chi connectivity index (χ0n) is 17.3. The van der Waals surface area contributed by atoms with E-state index in [2.05, 4.69) is 29.4 Å². The number of nitrogens with one attached hydrogen (secondary N) is 2. The van der Waals surface area contributed by atoms with Gasteiger partial charge in [0.2, 0.25) is 0 Å². The third kappa shape index (κ3) is 3.86. The van der Waals surface area contributed by atoms with Crippen LogP contribution in [0.2, 0.25) is 0 Å². The van der Waals surface area contributed by atoms with Crippen molar-refractivity contribution in [2.45, 2.75) is 39.0 Å². The Labute approximate surface area is 188 Å². The van der Waals surface area contributed by atoms with E-state index in [0.29, 0.717) is 16.7 Å². The van der Waals surface area contributed by atoms with Gasteiger partial charge in [-0.15, -0.1) is 22.7 Å². The molecule has 0 aliphatic carbocycles. The van der Waals surface area contributed by atoms with Crippen molar-refractivity contribution in [3.05, 3.63) is 68.2 Å². The molecule has 31 heavy (non-hydrogen) atoms. The Hall–Kier alpha value is -2.68. The maximum Gasteiger partial charge on any atom is 0.353 e. The molecule has 6 nitrogen and oxygen atoms in total. The summed E-state index contributed by atoms with van der Waals surface area (Å²) in [5.41, 5.74) is 2.81. The Bertz CT molecular complexity index is 1140. The SMILES string of the molecule is CC(C)N1CCc2c(sc3c2C(=O)N[C@H](c2cccc(OC(=O)c4cccs4)c2)N3)C1. The van der Waals surface area contributed by atoms with Gasteiger partial charge >= 0.3 is 5.97 Å². The van der Waals surface area contributed by atoms with Crippen LogP contribution in [0, 0.1) is 0 Å². The first-order valence-electron chi connectivity index (χ1n) is 10.3. The fraction of sp³-hybridized carbons (Fsp3) is 0.304. The molecule has 2 aliphatic heterocycles. The maximum atomic E-state index is 13.0. The zero-order chi connectivity index (χ0) is 21.5. The molecule has 2 N–H and O–H groups in total. The summed E-state index contributed by atoms with van der Waals surface area (Å²) in [4.78, 5) is 29.5. The minimum absolute atomic E-state index is 0.0461. The van der Waals surface area contributed by atoms with E-state index in [1.54, 1.807) is 29.5 Å². The summed E-state index contributed by atoms with van der Waals surface area (Å²) in [7, 11) is 0. The van der Waals surface area contributed by atoms with Gasteiger partial charge in [-0.3, -0.25) is 9.69 Å². The van der Waals surface area contributed by atoms with Crippen molar-refractivity contribution in [3.63, 3.8) is 0 Å². The van der Waals surface area contributed by atoms with Crippen LogP contribution in [0.25, 0.3) is 0 Å². The Morgan fingerprint density at radius 2 is 2.10 bits per heavy atom. The number of anilines is 1. The van der Waals surface area contributed by atoms with E-state index >= 15 is 0 Å². The second-order valence-corrected chi connectivity index (χ2v) is 10.1. The van der Waals surface area contributed by atoms with Gasteiger partial charge in [0, 0.05) is 24.0 Å². The van der Waals surface area contributed by atoms with Gasteiger partial charge in [-0.1, -0.05) is 18.2 Å². The molecule has 0 saturated heterocycles. The van der Waals surface area contributed by atoms with E-state index in [-0.39, 0.29) is 18.0 Å². The summed E-state index contributed by atoms with van der Waals surface area (Å²) in [6.07, 6.45) is 0.523. The lowest BCUT2D eigenvalue weighted by Gasteiger charge is -2.31. The summed E-state index contributed by atoms with van der Waals surface area (Å²) < 4.78 is 5.52. The van der Waals surface area contributed by atoms with Crippen LogP contribution < -0.4 is 15.4 Å². The molecule has 1 amide bonds. The average Bonchev–Trinajstić information content (AvgIpc) is 3.41. The molecule has 3 aromatic rings. The number of nitrogens with zero attached hydrogens (tertiary/aromatic N) is 1. The fourth-order valence-corrected chi connectivity index (χ4v) is 5.95. The van der Waals surface area contributed by atoms with Crippen molar-refractivity contribution < 1.29 is 14.3 Å². The first kappa shape index (κ1) is 20.2. The predicted molar refractivity (Wildman–Crippen MR) is 123 cm³/mol. The van der Waals surface area contributed by atoms with E-state index < -0.39 is 0 Å². The lowest BCUT2D eigenvalue weighted by molar-refractivity contribution is 0.0739. The number of ether oxygens (including phenoxy) is 1. The van der Waals surface area contributed by atoms with Crippen molar-refractivity contribution >= 4 is 39.6 Å². The third-order valence-corrected chi connectivity index (χ3v) is 7.72. The highest BCUT2D eigenvalue weighted by Crippen LogP contribution is 2.41. The van der Waals surface area contributed by atoms with E-state index in [4.69, 9.17) is 4.74 Å². The normalized spacial score (nSPS) is 18.2. The summed E-state index contributed by atoms with van der Waals surface area (Å²) in [6, 6.07) is 11.3. The molecule has 160 valence electrons. The summed E-state index contributed by atoms with van der Waals surface area (Å²) in [5, 5.41) is 9.32. The van der Waals surface area contributed by atoms with Crippen molar-refractivity contribution in [2.75, 3.05) is 11.9 Å². The van der Waals surface area contributed by atoms with Gasteiger partial charge in [-0.25, -0.2) is 4.79 Å². The molecule has 2 aromatic heterocycles. The molecule has 8 heteroatoms. The van der Waals surface area contributed by atoms with Crippen molar-refractivity contribution in [3.8, 4) is 5.75 Å². The number of hydrogen-bond acceptors (Lipinski definition) is 7. The van der Waals surface area contributed by atoms with E-state index in [0.717, 1.165) is 35.6 Å². The van der Waals surface area contributed by atoms with E-state index in [1.165, 1.54) is 21.8 Å². The number of carbonyl (C=O) groups is 2. The largest absolute Gasteiger partial charge is 0.422 e. The highest BCUT2D eigenvalue weighted by molar-refractivity contribution is 7.16. The molecule has 4 heterocycles. The Morgan fingerprint density at radius 1 is 1.23 bits per heavy atom. The first-order chi connectivity index (χ1) is 15.0. The van der Waals surface area contributed by atoms with Crippen molar-refractivity contribution in [1.29, 1.82) is 0 Å². The second kappa shape index (κ2) is 8.11. The minimum Gasteiger partial charge on any atom is -0.422 e. The fourth-order valence-electron chi connectivity index (χ4n) is 4.05. The van der Waals surface area contributed by atoms with Crippen LogP contribution in [0.3, 0.4) is 0 Å². The van der Waals surface area contributed by atoms with Crippen LogP contribution in [-0.2, 0) is 13.0 Å².